The first-order valence-corrected chi connectivity index (χ1v) is 10.1. The lowest BCUT2D eigenvalue weighted by atomic mass is 10.1. The molecule has 0 aliphatic heterocycles. The molecule has 32 heavy (non-hydrogen) atoms. The van der Waals surface area contributed by atoms with Gasteiger partial charge < -0.3 is 14.5 Å². The fourth-order valence-electron chi connectivity index (χ4n) is 3.08. The molecular formula is C25H21N3O4. The van der Waals surface area contributed by atoms with Crippen LogP contribution in [0.5, 0.6) is 5.75 Å². The zero-order valence-corrected chi connectivity index (χ0v) is 17.4. The molecule has 0 unspecified atom stereocenters. The summed E-state index contributed by atoms with van der Waals surface area (Å²) in [5, 5.41) is 7.62. The molecule has 0 atom stereocenters. The normalized spacial score (nSPS) is 11.2. The van der Waals surface area contributed by atoms with Crippen molar-refractivity contribution in [3.63, 3.8) is 0 Å². The average molecular weight is 427 g/mol. The van der Waals surface area contributed by atoms with Crippen LogP contribution >= 0.6 is 0 Å². The van der Waals surface area contributed by atoms with E-state index in [2.05, 4.69) is 15.8 Å². The molecule has 0 saturated heterocycles. The molecule has 0 spiro atoms. The first-order chi connectivity index (χ1) is 15.6. The van der Waals surface area contributed by atoms with Gasteiger partial charge in [0.15, 0.2) is 0 Å². The van der Waals surface area contributed by atoms with Crippen LogP contribution in [0.4, 0.5) is 5.69 Å². The van der Waals surface area contributed by atoms with Crippen LogP contribution in [0.2, 0.25) is 0 Å². The number of nitrogens with one attached hydrogen (secondary N) is 2. The molecule has 4 aromatic rings. The second-order valence-corrected chi connectivity index (χ2v) is 6.84. The fraction of sp³-hybridized carbons (Fsp3) is 0.0800. The molecule has 160 valence electrons. The molecular weight excluding hydrogens is 406 g/mol. The lowest BCUT2D eigenvalue weighted by Crippen LogP contribution is -2.26. The summed E-state index contributed by atoms with van der Waals surface area (Å²) in [7, 11) is 0. The highest BCUT2D eigenvalue weighted by Crippen LogP contribution is 2.21. The van der Waals surface area contributed by atoms with E-state index >= 15 is 0 Å². The topological polar surface area (TPSA) is 92.9 Å². The minimum Gasteiger partial charge on any atom is -0.494 e. The summed E-state index contributed by atoms with van der Waals surface area (Å²) >= 11 is 0. The van der Waals surface area contributed by atoms with Gasteiger partial charge in [-0.05, 0) is 49.4 Å². The van der Waals surface area contributed by atoms with Crippen molar-refractivity contribution in [2.45, 2.75) is 6.92 Å². The minimum atomic E-state index is -0.418. The monoisotopic (exact) mass is 427 g/mol. The molecule has 7 heteroatoms. The lowest BCUT2D eigenvalue weighted by Gasteiger charge is -2.08. The number of hydrogen-bond donors (Lipinski definition) is 2. The lowest BCUT2D eigenvalue weighted by molar-refractivity contribution is 0.0948. The number of anilines is 1. The van der Waals surface area contributed by atoms with Gasteiger partial charge in [0.2, 0.25) is 5.55 Å². The Hall–Kier alpha value is -4.39. The van der Waals surface area contributed by atoms with Gasteiger partial charge in [0.25, 0.3) is 11.8 Å². The number of ether oxygens (including phenoxy) is 1. The number of amides is 2. The Bertz CT molecular complexity index is 1320. The number of nitrogens with zero attached hydrogens (tertiary/aromatic N) is 1. The molecule has 0 radical (unpaired) electrons. The number of carbonyl (C=O) groups excluding carboxylic acids is 2. The smallest absolute Gasteiger partial charge is 0.271 e. The standard InChI is InChI=1S/C25H21N3O4/c1-2-31-20-14-13-18-15-21(24(30)26-19-11-7-4-8-12-19)25(32-22(18)16-20)28-27-23(29)17-9-5-3-6-10-17/h3-16H,2H2,1H3,(H,26,30)(H,27,29)/b28-25+. The number of benzene rings is 3. The van der Waals surface area contributed by atoms with Gasteiger partial charge >= 0.3 is 0 Å². The van der Waals surface area contributed by atoms with Gasteiger partial charge in [0.05, 0.1) is 6.61 Å². The van der Waals surface area contributed by atoms with E-state index in [0.29, 0.717) is 34.6 Å². The van der Waals surface area contributed by atoms with Crippen LogP contribution in [0.3, 0.4) is 0 Å². The Morgan fingerprint density at radius 2 is 1.62 bits per heavy atom. The van der Waals surface area contributed by atoms with Crippen LogP contribution in [0.25, 0.3) is 11.0 Å². The van der Waals surface area contributed by atoms with Crippen LogP contribution in [-0.4, -0.2) is 18.4 Å². The minimum absolute atomic E-state index is 0.0242. The van der Waals surface area contributed by atoms with Gasteiger partial charge in [0.1, 0.15) is 16.9 Å². The molecule has 0 saturated carbocycles. The van der Waals surface area contributed by atoms with Crippen molar-refractivity contribution in [2.75, 3.05) is 11.9 Å². The van der Waals surface area contributed by atoms with Gasteiger partial charge in [-0.3, -0.25) is 9.59 Å². The second-order valence-electron chi connectivity index (χ2n) is 6.84. The van der Waals surface area contributed by atoms with Crippen LogP contribution < -0.4 is 21.0 Å². The van der Waals surface area contributed by atoms with Gasteiger partial charge in [-0.1, -0.05) is 36.4 Å². The van der Waals surface area contributed by atoms with E-state index in [4.69, 9.17) is 9.15 Å². The predicted molar refractivity (Wildman–Crippen MR) is 121 cm³/mol. The first kappa shape index (κ1) is 20.9. The summed E-state index contributed by atoms with van der Waals surface area (Å²) in [6.45, 7) is 2.39. The molecule has 2 amide bonds. The molecule has 2 N–H and O–H groups in total. The Morgan fingerprint density at radius 3 is 2.34 bits per heavy atom. The summed E-state index contributed by atoms with van der Waals surface area (Å²) in [4.78, 5) is 25.4. The third-order valence-corrected chi connectivity index (χ3v) is 4.60. The molecule has 0 bridgehead atoms. The summed E-state index contributed by atoms with van der Waals surface area (Å²) < 4.78 is 11.4. The third-order valence-electron chi connectivity index (χ3n) is 4.60. The maximum atomic E-state index is 13.0. The van der Waals surface area contributed by atoms with E-state index in [9.17, 15) is 9.59 Å². The van der Waals surface area contributed by atoms with Crippen LogP contribution in [0, 0.1) is 0 Å². The average Bonchev–Trinajstić information content (AvgIpc) is 2.83. The number of rotatable bonds is 6. The van der Waals surface area contributed by atoms with Gasteiger partial charge in [-0.2, -0.15) is 0 Å². The van der Waals surface area contributed by atoms with Crippen molar-refractivity contribution >= 4 is 28.5 Å². The highest BCUT2D eigenvalue weighted by molar-refractivity contribution is 6.05. The van der Waals surface area contributed by atoms with Crippen molar-refractivity contribution in [3.8, 4) is 5.75 Å². The van der Waals surface area contributed by atoms with E-state index in [1.54, 1.807) is 60.7 Å². The maximum Gasteiger partial charge on any atom is 0.271 e. The SMILES string of the molecule is CCOc1ccc2cc(C(=O)Nc3ccccc3)/c(=N\NC(=O)c3ccccc3)oc2c1. The van der Waals surface area contributed by atoms with Crippen molar-refractivity contribution in [1.29, 1.82) is 0 Å². The molecule has 1 heterocycles. The third kappa shape index (κ3) is 4.84. The maximum absolute atomic E-state index is 13.0. The van der Waals surface area contributed by atoms with Crippen molar-refractivity contribution in [3.05, 3.63) is 102 Å². The molecule has 0 aliphatic carbocycles. The Labute approximate surface area is 184 Å². The molecule has 7 nitrogen and oxygen atoms in total. The quantitative estimate of drug-likeness (QED) is 0.448. The highest BCUT2D eigenvalue weighted by atomic mass is 16.5. The van der Waals surface area contributed by atoms with Crippen LogP contribution in [0.15, 0.2) is 94.4 Å². The summed E-state index contributed by atoms with van der Waals surface area (Å²) in [6.07, 6.45) is 0. The fourth-order valence-corrected chi connectivity index (χ4v) is 3.08. The van der Waals surface area contributed by atoms with Crippen molar-refractivity contribution in [1.82, 2.24) is 5.43 Å². The molecule has 0 fully saturated rings. The highest BCUT2D eigenvalue weighted by Gasteiger charge is 2.14. The summed E-state index contributed by atoms with van der Waals surface area (Å²) in [5.74, 6) is -0.202. The van der Waals surface area contributed by atoms with Gasteiger partial charge in [0, 0.05) is 22.7 Å². The zero-order valence-electron chi connectivity index (χ0n) is 17.4. The van der Waals surface area contributed by atoms with Crippen LogP contribution in [0.1, 0.15) is 27.6 Å². The molecule has 4 rings (SSSR count). The molecule has 3 aromatic carbocycles. The van der Waals surface area contributed by atoms with E-state index in [0.717, 1.165) is 0 Å². The van der Waals surface area contributed by atoms with E-state index < -0.39 is 11.8 Å². The van der Waals surface area contributed by atoms with Crippen molar-refractivity contribution < 1.29 is 18.7 Å². The number of fused-ring (bicyclic) bond motifs is 1. The predicted octanol–water partition coefficient (Wildman–Crippen LogP) is 4.33. The van der Waals surface area contributed by atoms with Crippen molar-refractivity contribution in [2.24, 2.45) is 5.10 Å². The molecule has 1 aromatic heterocycles. The van der Waals surface area contributed by atoms with E-state index in [-0.39, 0.29) is 11.1 Å². The Morgan fingerprint density at radius 1 is 0.906 bits per heavy atom. The zero-order chi connectivity index (χ0) is 22.3. The first-order valence-electron chi connectivity index (χ1n) is 10.1. The van der Waals surface area contributed by atoms with Crippen LogP contribution in [-0.2, 0) is 0 Å². The van der Waals surface area contributed by atoms with E-state index in [1.807, 2.05) is 31.2 Å². The van der Waals surface area contributed by atoms with Gasteiger partial charge in [-0.25, -0.2) is 5.43 Å². The number of carbonyl (C=O) groups is 2. The van der Waals surface area contributed by atoms with Gasteiger partial charge in [-0.15, -0.1) is 5.10 Å². The number of hydrogen-bond acceptors (Lipinski definition) is 5. The summed E-state index contributed by atoms with van der Waals surface area (Å²) in [6, 6.07) is 24.7. The Kier molecular flexibility index (Phi) is 6.27. The van der Waals surface area contributed by atoms with E-state index in [1.165, 1.54) is 0 Å². The number of para-hydroxylation sites is 1. The Balaban J connectivity index is 1.74. The largest absolute Gasteiger partial charge is 0.494 e. The summed E-state index contributed by atoms with van der Waals surface area (Å²) in [5.41, 5.74) is 4.15. The second kappa shape index (κ2) is 9.61. The molecule has 0 aliphatic rings.